The van der Waals surface area contributed by atoms with Crippen LogP contribution in [-0.2, 0) is 14.8 Å². The van der Waals surface area contributed by atoms with E-state index in [9.17, 15) is 13.2 Å². The van der Waals surface area contributed by atoms with Crippen LogP contribution in [0.25, 0.3) is 0 Å². The number of para-hydroxylation sites is 2. The fraction of sp³-hybridized carbons (Fsp3) is 0.368. The summed E-state index contributed by atoms with van der Waals surface area (Å²) in [6.45, 7) is 2.24. The van der Waals surface area contributed by atoms with E-state index < -0.39 is 10.0 Å². The minimum Gasteiger partial charge on any atom is -0.370 e. The van der Waals surface area contributed by atoms with Crippen molar-refractivity contribution in [2.24, 2.45) is 4.40 Å². The molecule has 3 heterocycles. The van der Waals surface area contributed by atoms with Gasteiger partial charge in [-0.2, -0.15) is 0 Å². The minimum atomic E-state index is -3.53. The molecule has 0 unspecified atom stereocenters. The molecule has 1 N–H and O–H groups in total. The Hall–Kier alpha value is -2.61. The number of nitrogens with one attached hydrogen (secondary N) is 1. The standard InChI is InChI=1S/C19H22N4O3S/c24-19(15-7-6-12-23-13-14-27(25,26)21-18(15)23)20-16-8-2-3-9-17(16)22-10-4-1-5-11-22/h2-3,6-9,12H,1,4-5,10-11,13-14H2,(H,20,24). The Balaban J connectivity index is 1.60. The maximum Gasteiger partial charge on any atom is 0.259 e. The van der Waals surface area contributed by atoms with Gasteiger partial charge in [0.15, 0.2) is 5.84 Å². The van der Waals surface area contributed by atoms with Gasteiger partial charge in [-0.25, -0.2) is 8.42 Å². The number of amides is 1. The number of carbonyl (C=O) groups is 1. The number of fused-ring (bicyclic) bond motifs is 1. The number of sulfonamides is 1. The Labute approximate surface area is 159 Å². The molecule has 0 spiro atoms. The lowest BCUT2D eigenvalue weighted by atomic mass is 10.1. The normalized spacial score (nSPS) is 21.2. The average Bonchev–Trinajstić information content (AvgIpc) is 2.68. The molecule has 3 aliphatic heterocycles. The van der Waals surface area contributed by atoms with Crippen LogP contribution in [0, 0.1) is 0 Å². The molecule has 7 nitrogen and oxygen atoms in total. The number of carbonyl (C=O) groups excluding carboxylic acids is 1. The topological polar surface area (TPSA) is 82.1 Å². The summed E-state index contributed by atoms with van der Waals surface area (Å²) in [7, 11) is -3.53. The predicted molar refractivity (Wildman–Crippen MR) is 106 cm³/mol. The van der Waals surface area contributed by atoms with Gasteiger partial charge in [-0.05, 0) is 43.5 Å². The van der Waals surface area contributed by atoms with E-state index in [1.165, 1.54) is 6.42 Å². The molecule has 0 bridgehead atoms. The Kier molecular flexibility index (Phi) is 4.73. The summed E-state index contributed by atoms with van der Waals surface area (Å²) in [5.74, 6) is -0.213. The lowest BCUT2D eigenvalue weighted by Gasteiger charge is -2.31. The number of amidine groups is 1. The highest BCUT2D eigenvalue weighted by Crippen LogP contribution is 2.29. The van der Waals surface area contributed by atoms with Crippen LogP contribution in [0.2, 0.25) is 0 Å². The maximum absolute atomic E-state index is 12.9. The summed E-state index contributed by atoms with van der Waals surface area (Å²) < 4.78 is 27.6. The number of hydrogen-bond donors (Lipinski definition) is 1. The van der Waals surface area contributed by atoms with E-state index in [2.05, 4.69) is 14.6 Å². The largest absolute Gasteiger partial charge is 0.370 e. The van der Waals surface area contributed by atoms with Gasteiger partial charge in [-0.15, -0.1) is 4.40 Å². The second-order valence-corrected chi connectivity index (χ2v) is 8.59. The molecule has 3 aliphatic rings. The van der Waals surface area contributed by atoms with Gasteiger partial charge >= 0.3 is 0 Å². The number of benzene rings is 1. The van der Waals surface area contributed by atoms with Crippen molar-refractivity contribution in [3.63, 3.8) is 0 Å². The summed E-state index contributed by atoms with van der Waals surface area (Å²) in [6, 6.07) is 7.72. The van der Waals surface area contributed by atoms with Gasteiger partial charge in [0.1, 0.15) is 0 Å². The zero-order chi connectivity index (χ0) is 18.9. The van der Waals surface area contributed by atoms with Crippen LogP contribution in [0.4, 0.5) is 11.4 Å². The molecule has 0 aliphatic carbocycles. The number of piperidine rings is 1. The molecule has 1 aromatic rings. The zero-order valence-corrected chi connectivity index (χ0v) is 15.8. The third-order valence-corrected chi connectivity index (χ3v) is 6.10. The van der Waals surface area contributed by atoms with Crippen LogP contribution >= 0.6 is 0 Å². The van der Waals surface area contributed by atoms with Gasteiger partial charge in [0.05, 0.1) is 22.7 Å². The molecule has 1 saturated heterocycles. The number of anilines is 2. The Bertz CT molecular complexity index is 943. The first-order chi connectivity index (χ1) is 13.0. The predicted octanol–water partition coefficient (Wildman–Crippen LogP) is 2.11. The summed E-state index contributed by atoms with van der Waals surface area (Å²) in [6.07, 6.45) is 8.60. The second kappa shape index (κ2) is 7.19. The van der Waals surface area contributed by atoms with Crippen molar-refractivity contribution >= 4 is 33.1 Å². The maximum atomic E-state index is 12.9. The number of rotatable bonds is 3. The van der Waals surface area contributed by atoms with Crippen LogP contribution in [0.15, 0.2) is 52.6 Å². The molecular formula is C19H22N4O3S. The number of allylic oxidation sites excluding steroid dienone is 2. The Morgan fingerprint density at radius 2 is 1.85 bits per heavy atom. The zero-order valence-electron chi connectivity index (χ0n) is 15.0. The molecule has 1 amide bonds. The van der Waals surface area contributed by atoms with Crippen molar-refractivity contribution in [2.75, 3.05) is 35.6 Å². The number of nitrogens with zero attached hydrogens (tertiary/aromatic N) is 3. The van der Waals surface area contributed by atoms with E-state index in [-0.39, 0.29) is 23.1 Å². The monoisotopic (exact) mass is 386 g/mol. The molecule has 0 saturated carbocycles. The van der Waals surface area contributed by atoms with Gasteiger partial charge in [0.25, 0.3) is 15.9 Å². The average molecular weight is 386 g/mol. The van der Waals surface area contributed by atoms with Gasteiger partial charge in [0.2, 0.25) is 0 Å². The van der Waals surface area contributed by atoms with E-state index in [1.54, 1.807) is 23.3 Å². The van der Waals surface area contributed by atoms with E-state index in [0.717, 1.165) is 37.3 Å². The van der Waals surface area contributed by atoms with Crippen molar-refractivity contribution in [1.29, 1.82) is 0 Å². The van der Waals surface area contributed by atoms with E-state index in [1.807, 2.05) is 24.3 Å². The Morgan fingerprint density at radius 3 is 2.67 bits per heavy atom. The molecule has 1 aromatic carbocycles. The van der Waals surface area contributed by atoms with Crippen molar-refractivity contribution < 1.29 is 13.2 Å². The Morgan fingerprint density at radius 1 is 1.07 bits per heavy atom. The fourth-order valence-corrected chi connectivity index (χ4v) is 4.56. The molecule has 0 atom stereocenters. The van der Waals surface area contributed by atoms with E-state index >= 15 is 0 Å². The van der Waals surface area contributed by atoms with Crippen molar-refractivity contribution in [1.82, 2.24) is 4.90 Å². The fourth-order valence-electron chi connectivity index (χ4n) is 3.57. The highest BCUT2D eigenvalue weighted by Gasteiger charge is 2.30. The molecule has 8 heteroatoms. The molecular weight excluding hydrogens is 364 g/mol. The SMILES string of the molecule is O=C(Nc1ccccc1N1CCCCC1)C1=CC=CN2CCS(=O)(=O)N=C12. The van der Waals surface area contributed by atoms with Crippen molar-refractivity contribution in [3.05, 3.63) is 48.2 Å². The third kappa shape index (κ3) is 3.75. The lowest BCUT2D eigenvalue weighted by molar-refractivity contribution is -0.112. The van der Waals surface area contributed by atoms with Gasteiger partial charge in [-0.3, -0.25) is 4.79 Å². The summed E-state index contributed by atoms with van der Waals surface area (Å²) in [5.41, 5.74) is 1.98. The highest BCUT2D eigenvalue weighted by molar-refractivity contribution is 7.90. The lowest BCUT2D eigenvalue weighted by Crippen LogP contribution is -2.41. The first-order valence-corrected chi connectivity index (χ1v) is 10.8. The van der Waals surface area contributed by atoms with Crippen LogP contribution in [0.1, 0.15) is 19.3 Å². The molecule has 4 rings (SSSR count). The highest BCUT2D eigenvalue weighted by atomic mass is 32.2. The van der Waals surface area contributed by atoms with Crippen LogP contribution in [0.5, 0.6) is 0 Å². The van der Waals surface area contributed by atoms with E-state index in [0.29, 0.717) is 6.54 Å². The molecule has 27 heavy (non-hydrogen) atoms. The van der Waals surface area contributed by atoms with Crippen LogP contribution in [0.3, 0.4) is 0 Å². The third-order valence-electron chi connectivity index (χ3n) is 4.95. The second-order valence-electron chi connectivity index (χ2n) is 6.84. The minimum absolute atomic E-state index is 0.0481. The van der Waals surface area contributed by atoms with Crippen molar-refractivity contribution in [2.45, 2.75) is 19.3 Å². The van der Waals surface area contributed by atoms with Gasteiger partial charge in [0, 0.05) is 25.8 Å². The summed E-state index contributed by atoms with van der Waals surface area (Å²) in [5, 5.41) is 2.95. The summed E-state index contributed by atoms with van der Waals surface area (Å²) >= 11 is 0. The molecule has 0 radical (unpaired) electrons. The molecule has 0 aromatic heterocycles. The first-order valence-electron chi connectivity index (χ1n) is 9.17. The quantitative estimate of drug-likeness (QED) is 0.860. The van der Waals surface area contributed by atoms with Crippen molar-refractivity contribution in [3.8, 4) is 0 Å². The van der Waals surface area contributed by atoms with Crippen LogP contribution < -0.4 is 10.2 Å². The smallest absolute Gasteiger partial charge is 0.259 e. The first kappa shape index (κ1) is 17.8. The van der Waals surface area contributed by atoms with E-state index in [4.69, 9.17) is 0 Å². The van der Waals surface area contributed by atoms with Gasteiger partial charge in [-0.1, -0.05) is 12.1 Å². The summed E-state index contributed by atoms with van der Waals surface area (Å²) in [4.78, 5) is 16.9. The van der Waals surface area contributed by atoms with Gasteiger partial charge < -0.3 is 15.1 Å². The molecule has 1 fully saturated rings. The van der Waals surface area contributed by atoms with Crippen LogP contribution in [-0.4, -0.2) is 50.4 Å². The molecule has 142 valence electrons. The number of hydrogen-bond acceptors (Lipinski definition) is 5.